The molecule has 108 valence electrons. The fraction of sp³-hybridized carbons (Fsp3) is 0.647. The van der Waals surface area contributed by atoms with Crippen LogP contribution in [0.1, 0.15) is 64.7 Å². The number of benzene rings is 1. The van der Waals surface area contributed by atoms with Crippen molar-refractivity contribution in [2.24, 2.45) is 5.41 Å². The minimum absolute atomic E-state index is 0.210. The first-order valence-corrected chi connectivity index (χ1v) is 7.23. The van der Waals surface area contributed by atoms with E-state index in [1.165, 1.54) is 5.56 Å². The highest BCUT2D eigenvalue weighted by Crippen LogP contribution is 2.21. The third-order valence-electron chi connectivity index (χ3n) is 3.90. The Kier molecular flexibility index (Phi) is 5.57. The molecule has 0 radical (unpaired) electrons. The van der Waals surface area contributed by atoms with Gasteiger partial charge in [-0.15, -0.1) is 0 Å². The fourth-order valence-electron chi connectivity index (χ4n) is 1.82. The van der Waals surface area contributed by atoms with Crippen molar-refractivity contribution in [2.45, 2.75) is 59.6 Å². The van der Waals surface area contributed by atoms with Crippen LogP contribution in [0.4, 0.5) is 0 Å². The van der Waals surface area contributed by atoms with Crippen LogP contribution in [0.5, 0.6) is 0 Å². The van der Waals surface area contributed by atoms with Crippen molar-refractivity contribution in [3.8, 4) is 0 Å². The molecule has 0 bridgehead atoms. The average molecular weight is 263 g/mol. The molecule has 0 aromatic heterocycles. The van der Waals surface area contributed by atoms with E-state index in [2.05, 4.69) is 59.0 Å². The molecule has 1 rings (SSSR count). The smallest absolute Gasteiger partial charge is 0.0914 e. The number of nitrogens with one attached hydrogen (secondary N) is 1. The third kappa shape index (κ3) is 4.96. The summed E-state index contributed by atoms with van der Waals surface area (Å²) in [6.07, 6.45) is -0.439. The summed E-state index contributed by atoms with van der Waals surface area (Å²) in [5.74, 6) is 0.533. The van der Waals surface area contributed by atoms with E-state index in [-0.39, 0.29) is 5.41 Å². The summed E-state index contributed by atoms with van der Waals surface area (Å²) in [5, 5.41) is 13.6. The molecule has 1 aromatic rings. The summed E-state index contributed by atoms with van der Waals surface area (Å²) in [5.41, 5.74) is 2.51. The lowest BCUT2D eigenvalue weighted by Crippen LogP contribution is -2.39. The molecule has 0 heterocycles. The first kappa shape index (κ1) is 16.2. The van der Waals surface area contributed by atoms with Gasteiger partial charge in [0, 0.05) is 12.6 Å². The van der Waals surface area contributed by atoms with Crippen LogP contribution in [-0.2, 0) is 0 Å². The Morgan fingerprint density at radius 3 is 1.89 bits per heavy atom. The molecule has 0 aliphatic carbocycles. The van der Waals surface area contributed by atoms with Gasteiger partial charge in [-0.25, -0.2) is 0 Å². The largest absolute Gasteiger partial charge is 0.387 e. The van der Waals surface area contributed by atoms with Crippen LogP contribution in [0.15, 0.2) is 24.3 Å². The summed E-state index contributed by atoms with van der Waals surface area (Å²) in [6, 6.07) is 8.65. The van der Waals surface area contributed by atoms with Gasteiger partial charge in [-0.3, -0.25) is 0 Å². The van der Waals surface area contributed by atoms with Gasteiger partial charge in [0.2, 0.25) is 0 Å². The maximum Gasteiger partial charge on any atom is 0.0914 e. The van der Waals surface area contributed by atoms with Crippen LogP contribution < -0.4 is 5.32 Å². The first-order valence-electron chi connectivity index (χ1n) is 7.23. The van der Waals surface area contributed by atoms with Gasteiger partial charge in [0.25, 0.3) is 0 Å². The molecular formula is C17H29NO. The quantitative estimate of drug-likeness (QED) is 0.845. The number of hydrogen-bond acceptors (Lipinski definition) is 2. The monoisotopic (exact) mass is 263 g/mol. The number of hydrogen-bond donors (Lipinski definition) is 2. The highest BCUT2D eigenvalue weighted by atomic mass is 16.3. The van der Waals surface area contributed by atoms with E-state index >= 15 is 0 Å². The summed E-state index contributed by atoms with van der Waals surface area (Å²) in [4.78, 5) is 0. The normalized spacial score (nSPS) is 15.6. The van der Waals surface area contributed by atoms with Crippen molar-refractivity contribution in [1.29, 1.82) is 0 Å². The van der Waals surface area contributed by atoms with Gasteiger partial charge < -0.3 is 10.4 Å². The SMILES string of the molecule is CC(C)c1ccc(C(O)CNC(C)C(C)(C)C)cc1. The van der Waals surface area contributed by atoms with Crippen LogP contribution in [-0.4, -0.2) is 17.7 Å². The van der Waals surface area contributed by atoms with Gasteiger partial charge in [0.05, 0.1) is 6.10 Å². The Bertz CT molecular complexity index is 375. The Morgan fingerprint density at radius 2 is 1.47 bits per heavy atom. The zero-order valence-electron chi connectivity index (χ0n) is 13.2. The van der Waals surface area contributed by atoms with E-state index in [9.17, 15) is 5.11 Å². The summed E-state index contributed by atoms with van der Waals surface area (Å²) >= 11 is 0. The minimum atomic E-state index is -0.439. The van der Waals surface area contributed by atoms with Gasteiger partial charge in [-0.1, -0.05) is 58.9 Å². The zero-order chi connectivity index (χ0) is 14.6. The average Bonchev–Trinajstić information content (AvgIpc) is 2.34. The second kappa shape index (κ2) is 6.53. The molecule has 0 aliphatic rings. The molecule has 0 fully saturated rings. The van der Waals surface area contributed by atoms with Crippen molar-refractivity contribution in [3.05, 3.63) is 35.4 Å². The molecule has 19 heavy (non-hydrogen) atoms. The minimum Gasteiger partial charge on any atom is -0.387 e. The van der Waals surface area contributed by atoms with Gasteiger partial charge in [-0.05, 0) is 29.4 Å². The van der Waals surface area contributed by atoms with E-state index in [1.807, 2.05) is 12.1 Å². The van der Waals surface area contributed by atoms with Crippen LogP contribution >= 0.6 is 0 Å². The molecule has 0 amide bonds. The highest BCUT2D eigenvalue weighted by molar-refractivity contribution is 5.26. The first-order chi connectivity index (χ1) is 8.71. The van der Waals surface area contributed by atoms with Gasteiger partial charge >= 0.3 is 0 Å². The summed E-state index contributed by atoms with van der Waals surface area (Å²) in [7, 11) is 0. The molecule has 0 spiro atoms. The van der Waals surface area contributed by atoms with Gasteiger partial charge in [0.15, 0.2) is 0 Å². The van der Waals surface area contributed by atoms with E-state index in [0.29, 0.717) is 18.5 Å². The Labute approximate surface area is 118 Å². The van der Waals surface area contributed by atoms with Gasteiger partial charge in [0.1, 0.15) is 0 Å². The topological polar surface area (TPSA) is 32.3 Å². The van der Waals surface area contributed by atoms with E-state index in [1.54, 1.807) is 0 Å². The predicted molar refractivity (Wildman–Crippen MR) is 82.4 cm³/mol. The molecule has 2 atom stereocenters. The number of aliphatic hydroxyl groups excluding tert-OH is 1. The molecule has 1 aromatic carbocycles. The standard InChI is InChI=1S/C17H29NO/c1-12(2)14-7-9-15(10-8-14)16(19)11-18-13(3)17(4,5)6/h7-10,12-13,16,18-19H,11H2,1-6H3. The molecule has 2 nitrogen and oxygen atoms in total. The van der Waals surface area contributed by atoms with E-state index < -0.39 is 6.10 Å². The maximum atomic E-state index is 10.2. The van der Waals surface area contributed by atoms with Crippen LogP contribution in [0, 0.1) is 5.41 Å². The zero-order valence-corrected chi connectivity index (χ0v) is 13.2. The van der Waals surface area contributed by atoms with Crippen molar-refractivity contribution in [3.63, 3.8) is 0 Å². The molecule has 2 heteroatoms. The van der Waals surface area contributed by atoms with Crippen LogP contribution in [0.3, 0.4) is 0 Å². The maximum absolute atomic E-state index is 10.2. The molecule has 0 saturated heterocycles. The van der Waals surface area contributed by atoms with Gasteiger partial charge in [-0.2, -0.15) is 0 Å². The summed E-state index contributed by atoms with van der Waals surface area (Å²) < 4.78 is 0. The second-order valence-corrected chi connectivity index (χ2v) is 6.83. The Hall–Kier alpha value is -0.860. The third-order valence-corrected chi connectivity index (χ3v) is 3.90. The number of rotatable bonds is 5. The van der Waals surface area contributed by atoms with Crippen LogP contribution in [0.2, 0.25) is 0 Å². The molecule has 2 N–H and O–H groups in total. The van der Waals surface area contributed by atoms with Crippen molar-refractivity contribution >= 4 is 0 Å². The lowest BCUT2D eigenvalue weighted by atomic mass is 9.88. The van der Waals surface area contributed by atoms with Crippen LogP contribution in [0.25, 0.3) is 0 Å². The van der Waals surface area contributed by atoms with Crippen molar-refractivity contribution < 1.29 is 5.11 Å². The summed E-state index contributed by atoms with van der Waals surface area (Å²) in [6.45, 7) is 13.7. The molecule has 2 unspecified atom stereocenters. The fourth-order valence-corrected chi connectivity index (χ4v) is 1.82. The Morgan fingerprint density at radius 1 is 1.00 bits per heavy atom. The lowest BCUT2D eigenvalue weighted by molar-refractivity contribution is 0.158. The predicted octanol–water partition coefficient (Wildman–Crippen LogP) is 3.87. The lowest BCUT2D eigenvalue weighted by Gasteiger charge is -2.29. The van der Waals surface area contributed by atoms with Crippen molar-refractivity contribution in [2.75, 3.05) is 6.54 Å². The number of aliphatic hydroxyl groups is 1. The molecular weight excluding hydrogens is 234 g/mol. The second-order valence-electron chi connectivity index (χ2n) is 6.83. The molecule has 0 aliphatic heterocycles. The van der Waals surface area contributed by atoms with Crippen molar-refractivity contribution in [1.82, 2.24) is 5.32 Å². The molecule has 0 saturated carbocycles. The van der Waals surface area contributed by atoms with E-state index in [0.717, 1.165) is 5.56 Å². The highest BCUT2D eigenvalue weighted by Gasteiger charge is 2.20. The Balaban J connectivity index is 2.56. The van der Waals surface area contributed by atoms with E-state index in [4.69, 9.17) is 0 Å².